The summed E-state index contributed by atoms with van der Waals surface area (Å²) in [7, 11) is 0. The number of esters is 2. The van der Waals surface area contributed by atoms with Crippen LogP contribution in [0.25, 0.3) is 0 Å². The van der Waals surface area contributed by atoms with Gasteiger partial charge in [0.15, 0.2) is 11.2 Å². The summed E-state index contributed by atoms with van der Waals surface area (Å²) >= 11 is 11.8. The van der Waals surface area contributed by atoms with E-state index in [2.05, 4.69) is 0 Å². The van der Waals surface area contributed by atoms with Gasteiger partial charge in [0.2, 0.25) is 0 Å². The average molecular weight is 333 g/mol. The van der Waals surface area contributed by atoms with Crippen LogP contribution < -0.4 is 4.74 Å². The quantitative estimate of drug-likeness (QED) is 0.443. The Kier molecular flexibility index (Phi) is 6.49. The van der Waals surface area contributed by atoms with Gasteiger partial charge >= 0.3 is 11.9 Å². The molecule has 0 spiro atoms. The Morgan fingerprint density at radius 3 is 2.24 bits per heavy atom. The predicted octanol–water partition coefficient (Wildman–Crippen LogP) is 4.27. The van der Waals surface area contributed by atoms with Crippen molar-refractivity contribution in [2.45, 2.75) is 33.6 Å². The van der Waals surface area contributed by atoms with Crippen LogP contribution in [0.2, 0.25) is 10.0 Å². The lowest BCUT2D eigenvalue weighted by atomic mass is 9.82. The Hall–Kier alpha value is -1.26. The smallest absolute Gasteiger partial charge is 0.328 e. The lowest BCUT2D eigenvalue weighted by Gasteiger charge is -2.26. The molecule has 0 N–H and O–H groups in total. The van der Waals surface area contributed by atoms with Crippen LogP contribution in [0.15, 0.2) is 18.2 Å². The third kappa shape index (κ3) is 3.89. The minimum absolute atomic E-state index is 0.129. The van der Waals surface area contributed by atoms with Gasteiger partial charge in [0.25, 0.3) is 0 Å². The Bertz CT molecular complexity index is 524. The van der Waals surface area contributed by atoms with Crippen LogP contribution in [-0.4, -0.2) is 18.5 Å². The second-order valence-electron chi connectivity index (χ2n) is 4.47. The van der Waals surface area contributed by atoms with Gasteiger partial charge in [-0.3, -0.25) is 9.59 Å². The van der Waals surface area contributed by atoms with E-state index in [0.717, 1.165) is 0 Å². The predicted molar refractivity (Wildman–Crippen MR) is 81.7 cm³/mol. The molecule has 0 aliphatic heterocycles. The third-order valence-electron chi connectivity index (χ3n) is 3.36. The molecular weight excluding hydrogens is 315 g/mol. The highest BCUT2D eigenvalue weighted by Crippen LogP contribution is 2.34. The molecule has 0 fully saturated rings. The van der Waals surface area contributed by atoms with Crippen molar-refractivity contribution in [3.05, 3.63) is 28.2 Å². The molecule has 6 heteroatoms. The molecule has 0 aliphatic rings. The maximum absolute atomic E-state index is 12.5. The summed E-state index contributed by atoms with van der Waals surface area (Å²) in [4.78, 5) is 24.6. The Morgan fingerprint density at radius 2 is 1.71 bits per heavy atom. The first-order valence-electron chi connectivity index (χ1n) is 6.75. The zero-order valence-electron chi connectivity index (χ0n) is 12.2. The first-order valence-corrected chi connectivity index (χ1v) is 7.51. The maximum atomic E-state index is 12.5. The molecule has 0 heterocycles. The van der Waals surface area contributed by atoms with E-state index in [4.69, 9.17) is 32.7 Å². The van der Waals surface area contributed by atoms with E-state index in [1.807, 2.05) is 0 Å². The topological polar surface area (TPSA) is 52.6 Å². The molecule has 0 unspecified atom stereocenters. The number of rotatable bonds is 6. The van der Waals surface area contributed by atoms with Crippen molar-refractivity contribution in [2.24, 2.45) is 5.41 Å². The summed E-state index contributed by atoms with van der Waals surface area (Å²) in [5.41, 5.74) is -1.33. The highest BCUT2D eigenvalue weighted by molar-refractivity contribution is 6.34. The third-order valence-corrected chi connectivity index (χ3v) is 3.91. The van der Waals surface area contributed by atoms with Crippen LogP contribution in [0.4, 0.5) is 0 Å². The standard InChI is InChI=1S/C15H18Cl2O4/c1-4-15(5-2,13(18)20-6-3)14(19)21-12-9-10(16)7-8-11(12)17/h7-9H,4-6H2,1-3H3. The van der Waals surface area contributed by atoms with Gasteiger partial charge in [0.05, 0.1) is 11.6 Å². The molecular formula is C15H18Cl2O4. The van der Waals surface area contributed by atoms with Crippen molar-refractivity contribution < 1.29 is 19.1 Å². The van der Waals surface area contributed by atoms with Crippen LogP contribution in [0.1, 0.15) is 33.6 Å². The van der Waals surface area contributed by atoms with Crippen molar-refractivity contribution in [3.8, 4) is 5.75 Å². The Balaban J connectivity index is 3.07. The zero-order chi connectivity index (χ0) is 16.0. The summed E-state index contributed by atoms with van der Waals surface area (Å²) in [6.45, 7) is 5.36. The SMILES string of the molecule is CCOC(=O)C(CC)(CC)C(=O)Oc1cc(Cl)ccc1Cl. The van der Waals surface area contributed by atoms with E-state index in [1.165, 1.54) is 12.1 Å². The van der Waals surface area contributed by atoms with E-state index < -0.39 is 17.4 Å². The number of ether oxygens (including phenoxy) is 2. The maximum Gasteiger partial charge on any atom is 0.328 e. The number of benzene rings is 1. The fourth-order valence-electron chi connectivity index (χ4n) is 1.93. The molecule has 116 valence electrons. The number of hydrogen-bond donors (Lipinski definition) is 0. The van der Waals surface area contributed by atoms with Gasteiger partial charge in [0, 0.05) is 11.1 Å². The molecule has 0 atom stereocenters. The van der Waals surface area contributed by atoms with Crippen LogP contribution in [-0.2, 0) is 14.3 Å². The minimum Gasteiger partial charge on any atom is -0.465 e. The zero-order valence-corrected chi connectivity index (χ0v) is 13.8. The van der Waals surface area contributed by atoms with Gasteiger partial charge < -0.3 is 9.47 Å². The van der Waals surface area contributed by atoms with Crippen molar-refractivity contribution in [3.63, 3.8) is 0 Å². The van der Waals surface area contributed by atoms with E-state index in [-0.39, 0.29) is 30.2 Å². The molecule has 1 aromatic carbocycles. The fraction of sp³-hybridized carbons (Fsp3) is 0.467. The largest absolute Gasteiger partial charge is 0.465 e. The monoisotopic (exact) mass is 332 g/mol. The second-order valence-corrected chi connectivity index (χ2v) is 5.32. The molecule has 4 nitrogen and oxygen atoms in total. The van der Waals surface area contributed by atoms with Crippen LogP contribution in [0.3, 0.4) is 0 Å². The van der Waals surface area contributed by atoms with Gasteiger partial charge in [-0.2, -0.15) is 0 Å². The molecule has 1 aromatic rings. The first kappa shape index (κ1) is 17.8. The van der Waals surface area contributed by atoms with E-state index >= 15 is 0 Å². The van der Waals surface area contributed by atoms with E-state index in [9.17, 15) is 9.59 Å². The lowest BCUT2D eigenvalue weighted by Crippen LogP contribution is -2.42. The number of hydrogen-bond acceptors (Lipinski definition) is 4. The molecule has 0 radical (unpaired) electrons. The molecule has 0 saturated carbocycles. The number of carbonyl (C=O) groups excluding carboxylic acids is 2. The second kappa shape index (κ2) is 7.66. The van der Waals surface area contributed by atoms with Gasteiger partial charge in [-0.25, -0.2) is 0 Å². The molecule has 0 amide bonds. The van der Waals surface area contributed by atoms with Crippen LogP contribution >= 0.6 is 23.2 Å². The van der Waals surface area contributed by atoms with Crippen molar-refractivity contribution in [1.82, 2.24) is 0 Å². The minimum atomic E-state index is -1.33. The highest BCUT2D eigenvalue weighted by atomic mass is 35.5. The summed E-state index contributed by atoms with van der Waals surface area (Å²) in [6.07, 6.45) is 0.554. The fourth-order valence-corrected chi connectivity index (χ4v) is 2.25. The van der Waals surface area contributed by atoms with E-state index in [1.54, 1.807) is 26.8 Å². The summed E-state index contributed by atoms with van der Waals surface area (Å²) in [5, 5.41) is 0.634. The Morgan fingerprint density at radius 1 is 1.10 bits per heavy atom. The van der Waals surface area contributed by atoms with Crippen molar-refractivity contribution in [2.75, 3.05) is 6.61 Å². The van der Waals surface area contributed by atoms with Crippen molar-refractivity contribution >= 4 is 35.1 Å². The van der Waals surface area contributed by atoms with Crippen molar-refractivity contribution in [1.29, 1.82) is 0 Å². The number of halogens is 2. The van der Waals surface area contributed by atoms with Crippen LogP contribution in [0, 0.1) is 5.41 Å². The van der Waals surface area contributed by atoms with Gasteiger partial charge in [0.1, 0.15) is 0 Å². The lowest BCUT2D eigenvalue weighted by molar-refractivity contribution is -0.167. The highest BCUT2D eigenvalue weighted by Gasteiger charge is 2.46. The molecule has 0 aromatic heterocycles. The normalized spacial score (nSPS) is 11.1. The first-order chi connectivity index (χ1) is 9.91. The molecule has 0 aliphatic carbocycles. The Labute approximate surface area is 134 Å². The van der Waals surface area contributed by atoms with E-state index in [0.29, 0.717) is 5.02 Å². The molecule has 21 heavy (non-hydrogen) atoms. The molecule has 0 bridgehead atoms. The van der Waals surface area contributed by atoms with Gasteiger partial charge in [-0.1, -0.05) is 37.0 Å². The summed E-state index contributed by atoms with van der Waals surface area (Å²) in [5.74, 6) is -1.14. The van der Waals surface area contributed by atoms with Gasteiger partial charge in [-0.15, -0.1) is 0 Å². The summed E-state index contributed by atoms with van der Waals surface area (Å²) in [6, 6.07) is 4.54. The van der Waals surface area contributed by atoms with Crippen LogP contribution in [0.5, 0.6) is 5.75 Å². The average Bonchev–Trinajstić information content (AvgIpc) is 2.45. The molecule has 1 rings (SSSR count). The number of carbonyl (C=O) groups is 2. The summed E-state index contributed by atoms with van der Waals surface area (Å²) < 4.78 is 10.3. The molecule has 0 saturated heterocycles. The van der Waals surface area contributed by atoms with Gasteiger partial charge in [-0.05, 0) is 31.9 Å².